The molecule has 0 fully saturated rings. The van der Waals surface area contributed by atoms with Crippen LogP contribution in [0.5, 0.6) is 11.5 Å². The van der Waals surface area contributed by atoms with Crippen molar-refractivity contribution in [2.75, 3.05) is 7.11 Å². The van der Waals surface area contributed by atoms with Crippen LogP contribution in [-0.4, -0.2) is 21.4 Å². The van der Waals surface area contributed by atoms with Gasteiger partial charge >= 0.3 is 10.1 Å². The quantitative estimate of drug-likeness (QED) is 0.792. The van der Waals surface area contributed by atoms with Crippen LogP contribution in [0.25, 0.3) is 6.08 Å². The standard InChI is InChI=1S/C16H14ClNO5S/c1-22-13-6-7-14(16(18)19)15(10-13)23-24(20,21)9-8-11-2-4-12(17)5-3-11/h2-10H,1H3,(H2,18,19)/b9-8+. The summed E-state index contributed by atoms with van der Waals surface area (Å²) in [5.74, 6) is -0.695. The first-order valence-corrected chi connectivity index (χ1v) is 8.51. The third-order valence-electron chi connectivity index (χ3n) is 2.96. The minimum absolute atomic E-state index is 0.0701. The number of carbonyl (C=O) groups excluding carboxylic acids is 1. The summed E-state index contributed by atoms with van der Waals surface area (Å²) in [5, 5.41) is 1.41. The summed E-state index contributed by atoms with van der Waals surface area (Å²) < 4.78 is 34.1. The Morgan fingerprint density at radius 3 is 2.42 bits per heavy atom. The molecule has 2 N–H and O–H groups in total. The zero-order chi connectivity index (χ0) is 17.7. The highest BCUT2D eigenvalue weighted by Crippen LogP contribution is 2.26. The van der Waals surface area contributed by atoms with Gasteiger partial charge in [0.2, 0.25) is 0 Å². The molecule has 0 spiro atoms. The highest BCUT2D eigenvalue weighted by molar-refractivity contribution is 7.90. The third kappa shape index (κ3) is 4.74. The number of hydrogen-bond acceptors (Lipinski definition) is 5. The molecule has 0 bridgehead atoms. The van der Waals surface area contributed by atoms with Gasteiger partial charge in [-0.1, -0.05) is 23.7 Å². The van der Waals surface area contributed by atoms with Crippen LogP contribution in [0.2, 0.25) is 5.02 Å². The van der Waals surface area contributed by atoms with Gasteiger partial charge in [-0.05, 0) is 35.9 Å². The molecule has 6 nitrogen and oxygen atoms in total. The van der Waals surface area contributed by atoms with E-state index < -0.39 is 16.0 Å². The third-order valence-corrected chi connectivity index (χ3v) is 4.09. The Morgan fingerprint density at radius 2 is 1.83 bits per heavy atom. The SMILES string of the molecule is COc1ccc(C(N)=O)c(OS(=O)(=O)/C=C/c2ccc(Cl)cc2)c1. The summed E-state index contributed by atoms with van der Waals surface area (Å²) in [5.41, 5.74) is 5.77. The first kappa shape index (κ1) is 17.8. The summed E-state index contributed by atoms with van der Waals surface area (Å²) >= 11 is 5.76. The van der Waals surface area contributed by atoms with E-state index in [9.17, 15) is 13.2 Å². The molecule has 1 amide bonds. The molecular formula is C16H14ClNO5S. The van der Waals surface area contributed by atoms with E-state index in [-0.39, 0.29) is 11.3 Å². The summed E-state index contributed by atoms with van der Waals surface area (Å²) in [6.45, 7) is 0. The fourth-order valence-electron chi connectivity index (χ4n) is 1.79. The maximum Gasteiger partial charge on any atom is 0.332 e. The second kappa shape index (κ2) is 7.37. The molecule has 2 rings (SSSR count). The summed E-state index contributed by atoms with van der Waals surface area (Å²) in [6, 6.07) is 10.6. The summed E-state index contributed by atoms with van der Waals surface area (Å²) in [4.78, 5) is 11.4. The van der Waals surface area contributed by atoms with Gasteiger partial charge in [-0.2, -0.15) is 8.42 Å². The van der Waals surface area contributed by atoms with E-state index in [4.69, 9.17) is 26.3 Å². The second-order valence-corrected chi connectivity index (χ2v) is 6.52. The van der Waals surface area contributed by atoms with Crippen molar-refractivity contribution in [3.05, 3.63) is 64.0 Å². The predicted octanol–water partition coefficient (Wildman–Crippen LogP) is 2.83. The van der Waals surface area contributed by atoms with Gasteiger partial charge < -0.3 is 14.7 Å². The zero-order valence-electron chi connectivity index (χ0n) is 12.6. The molecule has 0 aliphatic carbocycles. The molecule has 0 aliphatic heterocycles. The van der Waals surface area contributed by atoms with Crippen LogP contribution >= 0.6 is 11.6 Å². The molecule has 8 heteroatoms. The van der Waals surface area contributed by atoms with Crippen molar-refractivity contribution in [1.82, 2.24) is 0 Å². The van der Waals surface area contributed by atoms with E-state index in [2.05, 4.69) is 0 Å². The number of carbonyl (C=O) groups is 1. The summed E-state index contributed by atoms with van der Waals surface area (Å²) in [6.07, 6.45) is 1.34. The molecule has 0 heterocycles. The largest absolute Gasteiger partial charge is 0.497 e. The van der Waals surface area contributed by atoms with Gasteiger partial charge in [-0.25, -0.2) is 0 Å². The molecule has 0 saturated carbocycles. The van der Waals surface area contributed by atoms with Gasteiger partial charge in [0.1, 0.15) is 5.75 Å². The zero-order valence-corrected chi connectivity index (χ0v) is 14.2. The molecular weight excluding hydrogens is 354 g/mol. The summed E-state index contributed by atoms with van der Waals surface area (Å²) in [7, 11) is -2.70. The number of benzene rings is 2. The monoisotopic (exact) mass is 367 g/mol. The number of nitrogens with two attached hydrogens (primary N) is 1. The average molecular weight is 368 g/mol. The van der Waals surface area contributed by atoms with Crippen LogP contribution in [0.4, 0.5) is 0 Å². The topological polar surface area (TPSA) is 95.7 Å². The molecule has 126 valence electrons. The van der Waals surface area contributed by atoms with Gasteiger partial charge in [0, 0.05) is 11.1 Å². The molecule has 0 unspecified atom stereocenters. The van der Waals surface area contributed by atoms with Gasteiger partial charge in [0.05, 0.1) is 18.1 Å². The average Bonchev–Trinajstić information content (AvgIpc) is 2.53. The minimum Gasteiger partial charge on any atom is -0.497 e. The highest BCUT2D eigenvalue weighted by atomic mass is 35.5. The fraction of sp³-hybridized carbons (Fsp3) is 0.0625. The Labute approximate surface area is 144 Å². The first-order valence-electron chi connectivity index (χ1n) is 6.67. The van der Waals surface area contributed by atoms with Gasteiger partial charge in [-0.15, -0.1) is 0 Å². The normalized spacial score (nSPS) is 11.4. The Morgan fingerprint density at radius 1 is 1.17 bits per heavy atom. The number of methoxy groups -OCH3 is 1. The lowest BCUT2D eigenvalue weighted by molar-refractivity contribution is 0.0999. The maximum absolute atomic E-state index is 12.1. The van der Waals surface area contributed by atoms with E-state index in [1.165, 1.54) is 31.4 Å². The smallest absolute Gasteiger partial charge is 0.332 e. The maximum atomic E-state index is 12.1. The Balaban J connectivity index is 2.28. The van der Waals surface area contributed by atoms with Crippen molar-refractivity contribution in [3.8, 4) is 11.5 Å². The van der Waals surface area contributed by atoms with E-state index in [1.54, 1.807) is 24.3 Å². The van der Waals surface area contributed by atoms with Crippen LogP contribution in [0, 0.1) is 0 Å². The van der Waals surface area contributed by atoms with Gasteiger partial charge in [-0.3, -0.25) is 4.79 Å². The molecule has 2 aromatic carbocycles. The molecule has 0 saturated heterocycles. The van der Waals surface area contributed by atoms with Crippen LogP contribution in [0.3, 0.4) is 0 Å². The molecule has 2 aromatic rings. The predicted molar refractivity (Wildman–Crippen MR) is 91.5 cm³/mol. The lowest BCUT2D eigenvalue weighted by atomic mass is 10.2. The van der Waals surface area contributed by atoms with Crippen molar-refractivity contribution in [1.29, 1.82) is 0 Å². The lowest BCUT2D eigenvalue weighted by Crippen LogP contribution is -2.15. The van der Waals surface area contributed by atoms with E-state index in [0.29, 0.717) is 16.3 Å². The van der Waals surface area contributed by atoms with E-state index in [1.807, 2.05) is 0 Å². The molecule has 0 radical (unpaired) electrons. The van der Waals surface area contributed by atoms with Crippen molar-refractivity contribution < 1.29 is 22.1 Å². The van der Waals surface area contributed by atoms with Crippen molar-refractivity contribution in [2.24, 2.45) is 5.73 Å². The molecule has 0 atom stereocenters. The van der Waals surface area contributed by atoms with Gasteiger partial charge in [0.25, 0.3) is 5.91 Å². The number of halogens is 1. The van der Waals surface area contributed by atoms with Crippen LogP contribution in [0.1, 0.15) is 15.9 Å². The Hall–Kier alpha value is -2.51. The molecule has 0 aromatic heterocycles. The van der Waals surface area contributed by atoms with Crippen LogP contribution < -0.4 is 14.7 Å². The second-order valence-electron chi connectivity index (χ2n) is 4.66. The first-order chi connectivity index (χ1) is 11.3. The Kier molecular flexibility index (Phi) is 5.48. The highest BCUT2D eigenvalue weighted by Gasteiger charge is 2.16. The Bertz CT molecular complexity index is 876. The molecule has 0 aliphatic rings. The fourth-order valence-corrected chi connectivity index (χ4v) is 2.68. The van der Waals surface area contributed by atoms with Crippen molar-refractivity contribution in [3.63, 3.8) is 0 Å². The number of primary amides is 1. The number of hydrogen-bond donors (Lipinski definition) is 1. The van der Waals surface area contributed by atoms with Crippen LogP contribution in [-0.2, 0) is 10.1 Å². The number of rotatable bonds is 6. The van der Waals surface area contributed by atoms with E-state index >= 15 is 0 Å². The van der Waals surface area contributed by atoms with Gasteiger partial charge in [0.15, 0.2) is 5.75 Å². The van der Waals surface area contributed by atoms with E-state index in [0.717, 1.165) is 5.41 Å². The van der Waals surface area contributed by atoms with Crippen molar-refractivity contribution in [2.45, 2.75) is 0 Å². The van der Waals surface area contributed by atoms with Crippen LogP contribution in [0.15, 0.2) is 47.9 Å². The number of amides is 1. The lowest BCUT2D eigenvalue weighted by Gasteiger charge is -2.09. The van der Waals surface area contributed by atoms with Crippen molar-refractivity contribution >= 4 is 33.7 Å². The number of ether oxygens (including phenoxy) is 1. The molecule has 24 heavy (non-hydrogen) atoms. The minimum atomic E-state index is -4.10.